The first-order valence-electron chi connectivity index (χ1n) is 7.02. The van der Waals surface area contributed by atoms with E-state index in [4.69, 9.17) is 0 Å². The third-order valence-corrected chi connectivity index (χ3v) is 3.60. The van der Waals surface area contributed by atoms with Crippen LogP contribution in [-0.2, 0) is 4.79 Å². The molecule has 1 atom stereocenters. The van der Waals surface area contributed by atoms with Gasteiger partial charge in [0.2, 0.25) is 5.91 Å². The predicted molar refractivity (Wildman–Crippen MR) is 74.4 cm³/mol. The average molecular weight is 282 g/mol. The van der Waals surface area contributed by atoms with Gasteiger partial charge < -0.3 is 10.2 Å². The lowest BCUT2D eigenvalue weighted by atomic mass is 10.0. The Hall–Kier alpha value is -1.49. The SMILES string of the molecule is CC1CCCN(CCC(=O)Nc2ccc(F)cc2F)C1. The number of anilines is 1. The first-order valence-corrected chi connectivity index (χ1v) is 7.02. The van der Waals surface area contributed by atoms with Crippen molar-refractivity contribution in [2.75, 3.05) is 25.0 Å². The van der Waals surface area contributed by atoms with Crippen LogP contribution >= 0.6 is 0 Å². The number of rotatable bonds is 4. The molecule has 0 spiro atoms. The van der Waals surface area contributed by atoms with Crippen LogP contribution in [0, 0.1) is 17.6 Å². The monoisotopic (exact) mass is 282 g/mol. The van der Waals surface area contributed by atoms with Gasteiger partial charge in [0.25, 0.3) is 0 Å². The third kappa shape index (κ3) is 4.27. The Kier molecular flexibility index (Phi) is 5.06. The van der Waals surface area contributed by atoms with Crippen molar-refractivity contribution in [3.8, 4) is 0 Å². The maximum atomic E-state index is 13.4. The molecular weight excluding hydrogens is 262 g/mol. The van der Waals surface area contributed by atoms with Gasteiger partial charge in [-0.05, 0) is 37.4 Å². The van der Waals surface area contributed by atoms with Crippen molar-refractivity contribution in [3.63, 3.8) is 0 Å². The second-order valence-corrected chi connectivity index (χ2v) is 5.47. The normalized spacial score (nSPS) is 19.9. The van der Waals surface area contributed by atoms with Crippen molar-refractivity contribution < 1.29 is 13.6 Å². The van der Waals surface area contributed by atoms with Crippen molar-refractivity contribution in [1.29, 1.82) is 0 Å². The molecule has 1 aliphatic heterocycles. The van der Waals surface area contributed by atoms with Gasteiger partial charge in [0.05, 0.1) is 5.69 Å². The molecule has 0 bridgehead atoms. The van der Waals surface area contributed by atoms with Crippen LogP contribution in [0.5, 0.6) is 0 Å². The van der Waals surface area contributed by atoms with E-state index in [0.29, 0.717) is 18.9 Å². The van der Waals surface area contributed by atoms with E-state index in [0.717, 1.165) is 31.6 Å². The molecule has 1 aromatic rings. The molecule has 110 valence electrons. The highest BCUT2D eigenvalue weighted by atomic mass is 19.1. The fourth-order valence-corrected chi connectivity index (χ4v) is 2.55. The van der Waals surface area contributed by atoms with Crippen molar-refractivity contribution in [1.82, 2.24) is 4.90 Å². The first-order chi connectivity index (χ1) is 9.54. The smallest absolute Gasteiger partial charge is 0.225 e. The molecule has 20 heavy (non-hydrogen) atoms. The van der Waals surface area contributed by atoms with E-state index in [1.807, 2.05) is 0 Å². The summed E-state index contributed by atoms with van der Waals surface area (Å²) in [5.41, 5.74) is 0.0309. The summed E-state index contributed by atoms with van der Waals surface area (Å²) in [5, 5.41) is 2.48. The van der Waals surface area contributed by atoms with Gasteiger partial charge in [-0.3, -0.25) is 4.79 Å². The summed E-state index contributed by atoms with van der Waals surface area (Å²) >= 11 is 0. The van der Waals surface area contributed by atoms with Gasteiger partial charge in [-0.15, -0.1) is 0 Å². The molecule has 5 heteroatoms. The van der Waals surface area contributed by atoms with Gasteiger partial charge in [0.1, 0.15) is 11.6 Å². The van der Waals surface area contributed by atoms with Gasteiger partial charge in [-0.25, -0.2) is 8.78 Å². The summed E-state index contributed by atoms with van der Waals surface area (Å²) in [6.07, 6.45) is 2.72. The van der Waals surface area contributed by atoms with Crippen LogP contribution in [-0.4, -0.2) is 30.4 Å². The van der Waals surface area contributed by atoms with Crippen LogP contribution in [0.4, 0.5) is 14.5 Å². The molecule has 1 heterocycles. The van der Waals surface area contributed by atoms with Gasteiger partial charge in [0.15, 0.2) is 0 Å². The largest absolute Gasteiger partial charge is 0.324 e. The number of nitrogens with zero attached hydrogens (tertiary/aromatic N) is 1. The average Bonchev–Trinajstić information content (AvgIpc) is 2.40. The summed E-state index contributed by atoms with van der Waals surface area (Å²) < 4.78 is 26.1. The van der Waals surface area contributed by atoms with E-state index in [1.54, 1.807) is 0 Å². The van der Waals surface area contributed by atoms with Crippen LogP contribution in [0.2, 0.25) is 0 Å². The molecule has 0 aromatic heterocycles. The minimum absolute atomic E-state index is 0.0309. The zero-order chi connectivity index (χ0) is 14.5. The number of carbonyl (C=O) groups excluding carboxylic acids is 1. The molecule has 1 amide bonds. The highest BCUT2D eigenvalue weighted by Crippen LogP contribution is 2.17. The summed E-state index contributed by atoms with van der Waals surface area (Å²) in [5.74, 6) is -0.970. The van der Waals surface area contributed by atoms with Crippen molar-refractivity contribution >= 4 is 11.6 Å². The number of nitrogens with one attached hydrogen (secondary N) is 1. The molecule has 2 rings (SSSR count). The number of carbonyl (C=O) groups is 1. The Labute approximate surface area is 118 Å². The minimum atomic E-state index is -0.745. The Morgan fingerprint density at radius 1 is 1.45 bits per heavy atom. The number of hydrogen-bond donors (Lipinski definition) is 1. The zero-order valence-electron chi connectivity index (χ0n) is 11.7. The molecule has 1 N–H and O–H groups in total. The Morgan fingerprint density at radius 3 is 2.95 bits per heavy atom. The highest BCUT2D eigenvalue weighted by Gasteiger charge is 2.17. The van der Waals surface area contributed by atoms with Gasteiger partial charge in [-0.2, -0.15) is 0 Å². The fraction of sp³-hybridized carbons (Fsp3) is 0.533. The molecule has 0 saturated carbocycles. The van der Waals surface area contributed by atoms with Crippen LogP contribution in [0.15, 0.2) is 18.2 Å². The molecule has 1 saturated heterocycles. The van der Waals surface area contributed by atoms with Crippen LogP contribution < -0.4 is 5.32 Å². The number of benzene rings is 1. The Bertz CT molecular complexity index is 479. The van der Waals surface area contributed by atoms with Crippen molar-refractivity contribution in [2.24, 2.45) is 5.92 Å². The summed E-state index contributed by atoms with van der Waals surface area (Å²) in [7, 11) is 0. The lowest BCUT2D eigenvalue weighted by Gasteiger charge is -2.30. The third-order valence-electron chi connectivity index (χ3n) is 3.60. The Morgan fingerprint density at radius 2 is 2.25 bits per heavy atom. The number of likely N-dealkylation sites (tertiary alicyclic amines) is 1. The number of amides is 1. The molecule has 0 radical (unpaired) electrons. The lowest BCUT2D eigenvalue weighted by Crippen LogP contribution is -2.36. The molecule has 1 fully saturated rings. The van der Waals surface area contributed by atoms with E-state index in [-0.39, 0.29) is 11.6 Å². The zero-order valence-corrected chi connectivity index (χ0v) is 11.7. The minimum Gasteiger partial charge on any atom is -0.324 e. The maximum absolute atomic E-state index is 13.4. The van der Waals surface area contributed by atoms with Gasteiger partial charge in [-0.1, -0.05) is 6.92 Å². The van der Waals surface area contributed by atoms with E-state index in [1.165, 1.54) is 12.5 Å². The summed E-state index contributed by atoms with van der Waals surface area (Å²) in [4.78, 5) is 14.0. The standard InChI is InChI=1S/C15H20F2N2O/c1-11-3-2-7-19(10-11)8-6-15(20)18-14-5-4-12(16)9-13(14)17/h4-5,9,11H,2-3,6-8,10H2,1H3,(H,18,20). The van der Waals surface area contributed by atoms with Crippen LogP contribution in [0.3, 0.4) is 0 Å². The van der Waals surface area contributed by atoms with E-state index >= 15 is 0 Å². The summed E-state index contributed by atoms with van der Waals surface area (Å²) in [6.45, 7) is 4.92. The van der Waals surface area contributed by atoms with Gasteiger partial charge >= 0.3 is 0 Å². The topological polar surface area (TPSA) is 32.3 Å². The molecule has 0 aliphatic carbocycles. The lowest BCUT2D eigenvalue weighted by molar-refractivity contribution is -0.116. The van der Waals surface area contributed by atoms with Crippen molar-refractivity contribution in [2.45, 2.75) is 26.2 Å². The first kappa shape index (κ1) is 14.9. The highest BCUT2D eigenvalue weighted by molar-refractivity contribution is 5.90. The number of piperidine rings is 1. The second kappa shape index (κ2) is 6.79. The molecule has 3 nitrogen and oxygen atoms in total. The van der Waals surface area contributed by atoms with Gasteiger partial charge in [0, 0.05) is 25.6 Å². The molecule has 1 aromatic carbocycles. The van der Waals surface area contributed by atoms with E-state index in [9.17, 15) is 13.6 Å². The van der Waals surface area contributed by atoms with Crippen molar-refractivity contribution in [3.05, 3.63) is 29.8 Å². The molecule has 1 unspecified atom stereocenters. The number of halogens is 2. The van der Waals surface area contributed by atoms with E-state index < -0.39 is 11.6 Å². The summed E-state index contributed by atoms with van der Waals surface area (Å²) in [6, 6.07) is 3.14. The quantitative estimate of drug-likeness (QED) is 0.920. The number of hydrogen-bond acceptors (Lipinski definition) is 2. The molecule has 1 aliphatic rings. The van der Waals surface area contributed by atoms with E-state index in [2.05, 4.69) is 17.1 Å². The predicted octanol–water partition coefficient (Wildman–Crippen LogP) is 3.03. The fourth-order valence-electron chi connectivity index (χ4n) is 2.55. The second-order valence-electron chi connectivity index (χ2n) is 5.47. The molecular formula is C15H20F2N2O. The maximum Gasteiger partial charge on any atom is 0.225 e. The van der Waals surface area contributed by atoms with Crippen LogP contribution in [0.25, 0.3) is 0 Å². The van der Waals surface area contributed by atoms with Crippen LogP contribution in [0.1, 0.15) is 26.2 Å². The Balaban J connectivity index is 1.80.